The lowest BCUT2D eigenvalue weighted by atomic mass is 9.93. The lowest BCUT2D eigenvalue weighted by Gasteiger charge is -2.27. The summed E-state index contributed by atoms with van der Waals surface area (Å²) in [5.74, 6) is 0.373. The number of hydrogen-bond acceptors (Lipinski definition) is 6. The fraction of sp³-hybridized carbons (Fsp3) is 0.350. The van der Waals surface area contributed by atoms with Crippen molar-refractivity contribution in [2.24, 2.45) is 0 Å². The Bertz CT molecular complexity index is 1140. The molecule has 5 rings (SSSR count). The van der Waals surface area contributed by atoms with Crippen LogP contribution in [0.5, 0.6) is 0 Å². The first-order valence-electron chi connectivity index (χ1n) is 9.48. The van der Waals surface area contributed by atoms with Crippen LogP contribution in [0.15, 0.2) is 30.5 Å². The molecule has 0 radical (unpaired) electrons. The zero-order valence-corrected chi connectivity index (χ0v) is 16.0. The molecule has 0 saturated heterocycles. The van der Waals surface area contributed by atoms with Crippen LogP contribution >= 0.6 is 11.3 Å². The Morgan fingerprint density at radius 3 is 3.00 bits per heavy atom. The number of anilines is 1. The Labute approximate surface area is 164 Å². The molecule has 28 heavy (non-hydrogen) atoms. The highest BCUT2D eigenvalue weighted by Crippen LogP contribution is 2.30. The second-order valence-electron chi connectivity index (χ2n) is 7.31. The number of H-pyrrole nitrogens is 1. The molecular weight excluding hydrogens is 377 g/mol. The van der Waals surface area contributed by atoms with Crippen molar-refractivity contribution < 1.29 is 9.50 Å². The molecule has 8 heteroatoms. The van der Waals surface area contributed by atoms with Crippen molar-refractivity contribution in [3.05, 3.63) is 47.7 Å². The van der Waals surface area contributed by atoms with Crippen molar-refractivity contribution in [3.8, 4) is 0 Å². The van der Waals surface area contributed by atoms with Crippen molar-refractivity contribution in [2.75, 3.05) is 5.32 Å². The summed E-state index contributed by atoms with van der Waals surface area (Å²) in [7, 11) is 0. The van der Waals surface area contributed by atoms with E-state index < -0.39 is 0 Å². The lowest BCUT2D eigenvalue weighted by Crippen LogP contribution is -2.36. The number of nitrogens with zero attached hydrogens (tertiary/aromatic N) is 3. The molecule has 0 bridgehead atoms. The SMILES string of the molecule is OC1CCCCC1Nc1nc2ccc(Cc3nc4ncc(F)cc4[nH]3)cc2s1. The van der Waals surface area contributed by atoms with Gasteiger partial charge in [-0.05, 0) is 30.5 Å². The standard InChI is InChI=1S/C20H20FN5OS/c21-12-9-15-19(22-10-12)26-18(23-15)8-11-5-6-14-17(7-11)28-20(25-14)24-13-3-1-2-4-16(13)27/h5-7,9-10,13,16,27H,1-4,8H2,(H,24,25)(H,22,23,26). The van der Waals surface area contributed by atoms with E-state index in [0.717, 1.165) is 52.4 Å². The van der Waals surface area contributed by atoms with Gasteiger partial charge in [0.2, 0.25) is 0 Å². The minimum Gasteiger partial charge on any atom is -0.391 e. The molecule has 1 aliphatic carbocycles. The van der Waals surface area contributed by atoms with E-state index in [1.54, 1.807) is 11.3 Å². The van der Waals surface area contributed by atoms with Crippen molar-refractivity contribution >= 4 is 37.8 Å². The van der Waals surface area contributed by atoms with Crippen molar-refractivity contribution in [1.29, 1.82) is 0 Å². The lowest BCUT2D eigenvalue weighted by molar-refractivity contribution is 0.116. The van der Waals surface area contributed by atoms with Crippen molar-refractivity contribution in [2.45, 2.75) is 44.2 Å². The highest BCUT2D eigenvalue weighted by molar-refractivity contribution is 7.22. The van der Waals surface area contributed by atoms with Gasteiger partial charge in [-0.25, -0.2) is 19.3 Å². The molecule has 6 nitrogen and oxygen atoms in total. The number of thiazole rings is 1. The summed E-state index contributed by atoms with van der Waals surface area (Å²) in [5, 5.41) is 14.4. The second-order valence-corrected chi connectivity index (χ2v) is 8.34. The number of hydrogen-bond donors (Lipinski definition) is 3. The van der Waals surface area contributed by atoms with Gasteiger partial charge in [0.05, 0.1) is 34.1 Å². The van der Waals surface area contributed by atoms with Crippen LogP contribution in [0.1, 0.15) is 37.1 Å². The average molecular weight is 397 g/mol. The first-order chi connectivity index (χ1) is 13.6. The number of benzene rings is 1. The molecule has 3 heterocycles. The van der Waals surface area contributed by atoms with Crippen LogP contribution in [0, 0.1) is 5.82 Å². The molecule has 2 unspecified atom stereocenters. The van der Waals surface area contributed by atoms with Gasteiger partial charge in [-0.1, -0.05) is 30.2 Å². The smallest absolute Gasteiger partial charge is 0.184 e. The first kappa shape index (κ1) is 17.5. The third-order valence-electron chi connectivity index (χ3n) is 5.22. The predicted octanol–water partition coefficient (Wildman–Crippen LogP) is 4.01. The zero-order chi connectivity index (χ0) is 19.1. The molecule has 0 spiro atoms. The normalized spacial score (nSPS) is 20.1. The van der Waals surface area contributed by atoms with E-state index in [-0.39, 0.29) is 18.0 Å². The number of aromatic nitrogens is 4. The van der Waals surface area contributed by atoms with Crippen LogP contribution in [-0.4, -0.2) is 37.2 Å². The molecule has 3 aromatic heterocycles. The van der Waals surface area contributed by atoms with Crippen molar-refractivity contribution in [1.82, 2.24) is 19.9 Å². The van der Waals surface area contributed by atoms with E-state index >= 15 is 0 Å². The minimum atomic E-state index is -0.378. The van der Waals surface area contributed by atoms with Crippen LogP contribution in [0.25, 0.3) is 21.4 Å². The summed E-state index contributed by atoms with van der Waals surface area (Å²) >= 11 is 1.60. The van der Waals surface area contributed by atoms with Crippen LogP contribution in [0.3, 0.4) is 0 Å². The Hall–Kier alpha value is -2.58. The highest BCUT2D eigenvalue weighted by atomic mass is 32.1. The van der Waals surface area contributed by atoms with Gasteiger partial charge in [-0.15, -0.1) is 0 Å². The largest absolute Gasteiger partial charge is 0.391 e. The quantitative estimate of drug-likeness (QED) is 0.484. The average Bonchev–Trinajstić information content (AvgIpc) is 3.25. The van der Waals surface area contributed by atoms with E-state index in [1.807, 2.05) is 12.1 Å². The number of nitrogens with one attached hydrogen (secondary N) is 2. The van der Waals surface area contributed by atoms with Gasteiger partial charge in [-0.2, -0.15) is 0 Å². The van der Waals surface area contributed by atoms with Crippen LogP contribution in [-0.2, 0) is 6.42 Å². The summed E-state index contributed by atoms with van der Waals surface area (Å²) in [4.78, 5) is 16.2. The molecule has 0 amide bonds. The topological polar surface area (TPSA) is 86.7 Å². The minimum absolute atomic E-state index is 0.0808. The van der Waals surface area contributed by atoms with Gasteiger partial charge in [0, 0.05) is 12.5 Å². The maximum atomic E-state index is 13.3. The summed E-state index contributed by atoms with van der Waals surface area (Å²) in [6.45, 7) is 0. The molecule has 3 N–H and O–H groups in total. The fourth-order valence-corrected chi connectivity index (χ4v) is 4.77. The highest BCUT2D eigenvalue weighted by Gasteiger charge is 2.23. The number of aliphatic hydroxyl groups excluding tert-OH is 1. The molecule has 1 fully saturated rings. The third-order valence-corrected chi connectivity index (χ3v) is 6.17. The van der Waals surface area contributed by atoms with Gasteiger partial charge in [0.1, 0.15) is 11.6 Å². The molecular formula is C20H20FN5OS. The maximum absolute atomic E-state index is 13.3. The Balaban J connectivity index is 1.36. The summed E-state index contributed by atoms with van der Waals surface area (Å²) < 4.78 is 14.4. The molecule has 1 aromatic carbocycles. The predicted molar refractivity (Wildman–Crippen MR) is 108 cm³/mol. The number of halogens is 1. The van der Waals surface area contributed by atoms with Crippen LogP contribution in [0.4, 0.5) is 9.52 Å². The monoisotopic (exact) mass is 397 g/mol. The van der Waals surface area contributed by atoms with Gasteiger partial charge in [0.15, 0.2) is 10.8 Å². The number of aliphatic hydroxyl groups is 1. The van der Waals surface area contributed by atoms with Gasteiger partial charge >= 0.3 is 0 Å². The number of imidazole rings is 1. The van der Waals surface area contributed by atoms with Crippen LogP contribution in [0.2, 0.25) is 0 Å². The van der Waals surface area contributed by atoms with Gasteiger partial charge in [0.25, 0.3) is 0 Å². The Morgan fingerprint density at radius 2 is 2.11 bits per heavy atom. The molecule has 144 valence electrons. The van der Waals surface area contributed by atoms with Crippen molar-refractivity contribution in [3.63, 3.8) is 0 Å². The molecule has 0 aliphatic heterocycles. The number of aromatic amines is 1. The maximum Gasteiger partial charge on any atom is 0.184 e. The van der Waals surface area contributed by atoms with E-state index in [0.29, 0.717) is 17.6 Å². The van der Waals surface area contributed by atoms with E-state index in [2.05, 4.69) is 31.3 Å². The summed E-state index contributed by atoms with van der Waals surface area (Å²) in [5.41, 5.74) is 3.16. The molecule has 2 atom stereocenters. The molecule has 1 saturated carbocycles. The van der Waals surface area contributed by atoms with E-state index in [1.165, 1.54) is 12.3 Å². The summed E-state index contributed by atoms with van der Waals surface area (Å²) in [6, 6.07) is 7.63. The Kier molecular flexibility index (Phi) is 4.44. The van der Waals surface area contributed by atoms with Gasteiger partial charge in [-0.3, -0.25) is 0 Å². The van der Waals surface area contributed by atoms with E-state index in [4.69, 9.17) is 0 Å². The second kappa shape index (κ2) is 7.10. The molecule has 4 aromatic rings. The van der Waals surface area contributed by atoms with E-state index in [9.17, 15) is 9.50 Å². The number of rotatable bonds is 4. The fourth-order valence-electron chi connectivity index (χ4n) is 3.78. The first-order valence-corrected chi connectivity index (χ1v) is 10.3. The Morgan fingerprint density at radius 1 is 1.21 bits per heavy atom. The number of pyridine rings is 1. The zero-order valence-electron chi connectivity index (χ0n) is 15.2. The summed E-state index contributed by atoms with van der Waals surface area (Å²) in [6.07, 6.45) is 5.53. The third kappa shape index (κ3) is 3.45. The van der Waals surface area contributed by atoms with Crippen LogP contribution < -0.4 is 5.32 Å². The molecule has 1 aliphatic rings. The number of fused-ring (bicyclic) bond motifs is 2. The van der Waals surface area contributed by atoms with Gasteiger partial charge < -0.3 is 15.4 Å².